The van der Waals surface area contributed by atoms with Gasteiger partial charge in [0, 0.05) is 0 Å². The minimum absolute atomic E-state index is 0.00819. The first-order valence-electron chi connectivity index (χ1n) is 4.00. The molecule has 0 N–H and O–H groups in total. The number of rotatable bonds is 4. The molecule has 0 spiro atoms. The zero-order chi connectivity index (χ0) is 8.69. The average Bonchev–Trinajstić information content (AvgIpc) is 2.00. The second-order valence-corrected chi connectivity index (χ2v) is 2.46. The predicted octanol–water partition coefficient (Wildman–Crippen LogP) is 2.15. The van der Waals surface area contributed by atoms with E-state index in [-0.39, 0.29) is 11.9 Å². The highest BCUT2D eigenvalue weighted by atomic mass is 16.5. The van der Waals surface area contributed by atoms with Crippen molar-refractivity contribution in [3.63, 3.8) is 0 Å². The molecule has 0 aromatic rings. The van der Waals surface area contributed by atoms with Crippen molar-refractivity contribution in [1.29, 1.82) is 0 Å². The predicted molar refractivity (Wildman–Crippen MR) is 45.2 cm³/mol. The van der Waals surface area contributed by atoms with Crippen molar-refractivity contribution < 1.29 is 9.53 Å². The first kappa shape index (κ1) is 10.2. The Morgan fingerprint density at radius 2 is 2.27 bits per heavy atom. The molecule has 0 saturated carbocycles. The molecule has 0 amide bonds. The molecule has 0 heterocycles. The first-order chi connectivity index (χ1) is 5.22. The quantitative estimate of drug-likeness (QED) is 0.460. The molecule has 0 radical (unpaired) electrons. The summed E-state index contributed by atoms with van der Waals surface area (Å²) in [7, 11) is 0. The van der Waals surface area contributed by atoms with E-state index in [0.717, 1.165) is 6.42 Å². The van der Waals surface area contributed by atoms with E-state index < -0.39 is 0 Å². The standard InChI is InChI=1S/C9H16O2/c1-4-6-7-8(3)9(10)11-5-2/h4,6,8H,5,7H2,1-3H3/b6-4+/t8-/m1/s1. The molecule has 0 aromatic carbocycles. The Morgan fingerprint density at radius 1 is 1.64 bits per heavy atom. The minimum Gasteiger partial charge on any atom is -0.466 e. The molecular formula is C9H16O2. The molecule has 2 heteroatoms. The van der Waals surface area contributed by atoms with Crippen LogP contribution in [0.3, 0.4) is 0 Å². The Morgan fingerprint density at radius 3 is 2.73 bits per heavy atom. The van der Waals surface area contributed by atoms with Crippen molar-refractivity contribution in [2.45, 2.75) is 27.2 Å². The van der Waals surface area contributed by atoms with Crippen LogP contribution in [-0.4, -0.2) is 12.6 Å². The lowest BCUT2D eigenvalue weighted by atomic mass is 10.1. The SMILES string of the molecule is C/C=C/C[C@@H](C)C(=O)OCC. The lowest BCUT2D eigenvalue weighted by Crippen LogP contribution is -2.13. The summed E-state index contributed by atoms with van der Waals surface area (Å²) in [6, 6.07) is 0. The number of esters is 1. The van der Waals surface area contributed by atoms with Crippen LogP contribution in [0.15, 0.2) is 12.2 Å². The molecule has 0 aliphatic heterocycles. The molecule has 0 fully saturated rings. The zero-order valence-corrected chi connectivity index (χ0v) is 7.46. The van der Waals surface area contributed by atoms with Gasteiger partial charge in [-0.1, -0.05) is 19.1 Å². The molecular weight excluding hydrogens is 140 g/mol. The third kappa shape index (κ3) is 4.59. The van der Waals surface area contributed by atoms with E-state index in [4.69, 9.17) is 4.74 Å². The van der Waals surface area contributed by atoms with Crippen LogP contribution >= 0.6 is 0 Å². The summed E-state index contributed by atoms with van der Waals surface area (Å²) in [5.41, 5.74) is 0. The lowest BCUT2D eigenvalue weighted by Gasteiger charge is -2.06. The second-order valence-electron chi connectivity index (χ2n) is 2.46. The van der Waals surface area contributed by atoms with E-state index in [1.54, 1.807) is 0 Å². The highest BCUT2D eigenvalue weighted by molar-refractivity contribution is 5.72. The molecule has 1 atom stereocenters. The van der Waals surface area contributed by atoms with Gasteiger partial charge in [-0.2, -0.15) is 0 Å². The van der Waals surface area contributed by atoms with Gasteiger partial charge in [0.05, 0.1) is 12.5 Å². The fourth-order valence-corrected chi connectivity index (χ4v) is 0.721. The summed E-state index contributed by atoms with van der Waals surface area (Å²) in [6.07, 6.45) is 4.69. The van der Waals surface area contributed by atoms with Crippen molar-refractivity contribution in [2.24, 2.45) is 5.92 Å². The molecule has 0 unspecified atom stereocenters. The number of carbonyl (C=O) groups excluding carboxylic acids is 1. The smallest absolute Gasteiger partial charge is 0.308 e. The molecule has 0 rings (SSSR count). The van der Waals surface area contributed by atoms with Crippen LogP contribution in [0.1, 0.15) is 27.2 Å². The molecule has 64 valence electrons. The summed E-state index contributed by atoms with van der Waals surface area (Å²) >= 11 is 0. The maximum atomic E-state index is 11.0. The molecule has 0 aliphatic carbocycles. The summed E-state index contributed by atoms with van der Waals surface area (Å²) in [5, 5.41) is 0. The van der Waals surface area contributed by atoms with Crippen LogP contribution in [0.4, 0.5) is 0 Å². The van der Waals surface area contributed by atoms with Crippen LogP contribution in [0.25, 0.3) is 0 Å². The third-order valence-corrected chi connectivity index (χ3v) is 1.41. The number of allylic oxidation sites excluding steroid dienone is 2. The van der Waals surface area contributed by atoms with Crippen molar-refractivity contribution in [2.75, 3.05) is 6.61 Å². The number of carbonyl (C=O) groups is 1. The zero-order valence-electron chi connectivity index (χ0n) is 7.46. The number of ether oxygens (including phenoxy) is 1. The molecule has 2 nitrogen and oxygen atoms in total. The maximum Gasteiger partial charge on any atom is 0.308 e. The maximum absolute atomic E-state index is 11.0. The van der Waals surface area contributed by atoms with Crippen molar-refractivity contribution in [3.8, 4) is 0 Å². The van der Waals surface area contributed by atoms with Gasteiger partial charge >= 0.3 is 5.97 Å². The Labute approximate surface area is 68.2 Å². The van der Waals surface area contributed by atoms with Gasteiger partial charge in [-0.3, -0.25) is 4.79 Å². The fourth-order valence-electron chi connectivity index (χ4n) is 0.721. The monoisotopic (exact) mass is 156 g/mol. The van der Waals surface area contributed by atoms with Crippen molar-refractivity contribution >= 4 is 5.97 Å². The third-order valence-electron chi connectivity index (χ3n) is 1.41. The van der Waals surface area contributed by atoms with Crippen LogP contribution in [0, 0.1) is 5.92 Å². The molecule has 0 saturated heterocycles. The van der Waals surface area contributed by atoms with Gasteiger partial charge in [-0.05, 0) is 20.3 Å². The van der Waals surface area contributed by atoms with Gasteiger partial charge in [0.25, 0.3) is 0 Å². The van der Waals surface area contributed by atoms with Crippen LogP contribution in [-0.2, 0) is 9.53 Å². The largest absolute Gasteiger partial charge is 0.466 e. The fraction of sp³-hybridized carbons (Fsp3) is 0.667. The minimum atomic E-state index is -0.106. The van der Waals surface area contributed by atoms with Crippen LogP contribution < -0.4 is 0 Å². The summed E-state index contributed by atoms with van der Waals surface area (Å²) < 4.78 is 4.83. The van der Waals surface area contributed by atoms with E-state index in [1.165, 1.54) is 0 Å². The topological polar surface area (TPSA) is 26.3 Å². The Kier molecular flexibility index (Phi) is 5.53. The normalized spacial score (nSPS) is 13.4. The summed E-state index contributed by atoms with van der Waals surface area (Å²) in [5.74, 6) is -0.114. The van der Waals surface area contributed by atoms with E-state index >= 15 is 0 Å². The first-order valence-corrected chi connectivity index (χ1v) is 4.00. The average molecular weight is 156 g/mol. The number of hydrogen-bond donors (Lipinski definition) is 0. The Bertz CT molecular complexity index is 138. The van der Waals surface area contributed by atoms with Crippen LogP contribution in [0.5, 0.6) is 0 Å². The van der Waals surface area contributed by atoms with Crippen LogP contribution in [0.2, 0.25) is 0 Å². The van der Waals surface area contributed by atoms with Crippen molar-refractivity contribution in [3.05, 3.63) is 12.2 Å². The Balaban J connectivity index is 3.63. The summed E-state index contributed by atoms with van der Waals surface area (Å²) in [4.78, 5) is 11.0. The van der Waals surface area contributed by atoms with Gasteiger partial charge in [0.2, 0.25) is 0 Å². The summed E-state index contributed by atoms with van der Waals surface area (Å²) in [6.45, 7) is 6.11. The highest BCUT2D eigenvalue weighted by Crippen LogP contribution is 2.04. The molecule has 0 aliphatic rings. The van der Waals surface area contributed by atoms with Gasteiger partial charge < -0.3 is 4.74 Å². The van der Waals surface area contributed by atoms with E-state index in [1.807, 2.05) is 32.9 Å². The second kappa shape index (κ2) is 5.96. The molecule has 0 aromatic heterocycles. The van der Waals surface area contributed by atoms with Gasteiger partial charge in [-0.15, -0.1) is 0 Å². The van der Waals surface area contributed by atoms with Gasteiger partial charge in [0.1, 0.15) is 0 Å². The lowest BCUT2D eigenvalue weighted by molar-refractivity contribution is -0.147. The van der Waals surface area contributed by atoms with E-state index in [9.17, 15) is 4.79 Å². The highest BCUT2D eigenvalue weighted by Gasteiger charge is 2.10. The number of hydrogen-bond acceptors (Lipinski definition) is 2. The molecule has 0 bridgehead atoms. The van der Waals surface area contributed by atoms with E-state index in [0.29, 0.717) is 6.61 Å². The van der Waals surface area contributed by atoms with Gasteiger partial charge in [-0.25, -0.2) is 0 Å². The van der Waals surface area contributed by atoms with Gasteiger partial charge in [0.15, 0.2) is 0 Å². The van der Waals surface area contributed by atoms with E-state index in [2.05, 4.69) is 0 Å². The molecule has 11 heavy (non-hydrogen) atoms. The van der Waals surface area contributed by atoms with Crippen molar-refractivity contribution in [1.82, 2.24) is 0 Å². The Hall–Kier alpha value is -0.790.